The quantitative estimate of drug-likeness (QED) is 0.883. The van der Waals surface area contributed by atoms with Gasteiger partial charge in [-0.1, -0.05) is 12.1 Å². The number of aryl methyl sites for hydroxylation is 1. The number of hydrogen-bond acceptors (Lipinski definition) is 5. The molecule has 1 aromatic carbocycles. The van der Waals surface area contributed by atoms with Crippen LogP contribution < -0.4 is 5.32 Å². The highest BCUT2D eigenvalue weighted by atomic mass is 35.5. The summed E-state index contributed by atoms with van der Waals surface area (Å²) in [6.45, 7) is 6.17. The Kier molecular flexibility index (Phi) is 6.28. The summed E-state index contributed by atoms with van der Waals surface area (Å²) in [5, 5.41) is 4.47. The molecule has 2 aromatic rings. The summed E-state index contributed by atoms with van der Waals surface area (Å²) in [6, 6.07) is 8.73. The van der Waals surface area contributed by atoms with Crippen LogP contribution in [0.15, 0.2) is 24.3 Å². The van der Waals surface area contributed by atoms with Crippen molar-refractivity contribution in [2.24, 2.45) is 0 Å². The molecule has 1 amide bonds. The zero-order chi connectivity index (χ0) is 16.4. The van der Waals surface area contributed by atoms with E-state index in [2.05, 4.69) is 26.2 Å². The average Bonchev–Trinajstić information content (AvgIpc) is 3.27. The summed E-state index contributed by atoms with van der Waals surface area (Å²) in [4.78, 5) is 21.8. The largest absolute Gasteiger partial charge is 0.341 e. The Balaban J connectivity index is 0.00000182. The maximum atomic E-state index is 12.5. The molecule has 0 bridgehead atoms. The number of nitrogens with one attached hydrogen (secondary N) is 1. The van der Waals surface area contributed by atoms with Crippen LogP contribution in [0.5, 0.6) is 0 Å². The third-order valence-electron chi connectivity index (χ3n) is 5.07. The van der Waals surface area contributed by atoms with E-state index in [0.717, 1.165) is 62.6 Å². The van der Waals surface area contributed by atoms with Gasteiger partial charge in [-0.3, -0.25) is 9.69 Å². The van der Waals surface area contributed by atoms with E-state index in [0.29, 0.717) is 12.5 Å². The third-order valence-corrected chi connectivity index (χ3v) is 6.17. The Morgan fingerprint density at radius 2 is 2.04 bits per heavy atom. The zero-order valence-corrected chi connectivity index (χ0v) is 16.0. The van der Waals surface area contributed by atoms with Crippen LogP contribution in [0.3, 0.4) is 0 Å². The van der Waals surface area contributed by atoms with Crippen molar-refractivity contribution in [3.8, 4) is 0 Å². The lowest BCUT2D eigenvalue weighted by Gasteiger charge is -2.32. The van der Waals surface area contributed by atoms with Crippen LogP contribution in [0.1, 0.15) is 17.8 Å². The number of aromatic nitrogens is 1. The van der Waals surface area contributed by atoms with E-state index in [1.54, 1.807) is 11.3 Å². The molecule has 0 saturated carbocycles. The van der Waals surface area contributed by atoms with E-state index in [9.17, 15) is 4.79 Å². The predicted octanol–water partition coefficient (Wildman–Crippen LogP) is 2.16. The first-order valence-corrected chi connectivity index (χ1v) is 9.68. The Labute approximate surface area is 158 Å². The summed E-state index contributed by atoms with van der Waals surface area (Å²) in [6.07, 6.45) is 2.45. The van der Waals surface area contributed by atoms with Crippen LogP contribution in [0.2, 0.25) is 0 Å². The van der Waals surface area contributed by atoms with Gasteiger partial charge in [0.05, 0.1) is 15.2 Å². The number of nitrogens with zero attached hydrogens (tertiary/aromatic N) is 3. The molecule has 25 heavy (non-hydrogen) atoms. The molecule has 2 saturated heterocycles. The maximum absolute atomic E-state index is 12.5. The van der Waals surface area contributed by atoms with Crippen molar-refractivity contribution >= 4 is 39.9 Å². The zero-order valence-electron chi connectivity index (χ0n) is 14.3. The normalized spacial score (nSPS) is 21.4. The molecule has 5 nitrogen and oxygen atoms in total. The van der Waals surface area contributed by atoms with E-state index in [1.165, 1.54) is 4.70 Å². The molecule has 1 aromatic heterocycles. The minimum absolute atomic E-state index is 0. The highest BCUT2D eigenvalue weighted by Crippen LogP contribution is 2.23. The SMILES string of the molecule is Cl.O=C(CCc1nc2ccccc2s1)N1CCC(N2CCNCC2)C1. The molecule has 0 aliphatic carbocycles. The van der Waals surface area contributed by atoms with E-state index >= 15 is 0 Å². The van der Waals surface area contributed by atoms with Gasteiger partial charge in [-0.05, 0) is 18.6 Å². The molecular formula is C18H25ClN4OS. The standard InChI is InChI=1S/C18H24N4OS.ClH/c23-18(6-5-17-20-15-3-1-2-4-16(15)24-17)22-10-7-14(13-22)21-11-8-19-9-12-21;/h1-4,14,19H,5-13H2;1H. The third kappa shape index (κ3) is 4.31. The fraction of sp³-hybridized carbons (Fsp3) is 0.556. The number of halogens is 1. The molecule has 2 fully saturated rings. The second-order valence-corrected chi connectivity index (χ2v) is 7.76. The second-order valence-electron chi connectivity index (χ2n) is 6.64. The molecule has 1 unspecified atom stereocenters. The first-order chi connectivity index (χ1) is 11.8. The van der Waals surface area contributed by atoms with Gasteiger partial charge < -0.3 is 10.2 Å². The molecule has 1 N–H and O–H groups in total. The molecule has 2 aliphatic heterocycles. The number of para-hydroxylation sites is 1. The van der Waals surface area contributed by atoms with Gasteiger partial charge in [0.15, 0.2) is 0 Å². The molecule has 136 valence electrons. The lowest BCUT2D eigenvalue weighted by Crippen LogP contribution is -2.49. The van der Waals surface area contributed by atoms with E-state index < -0.39 is 0 Å². The van der Waals surface area contributed by atoms with E-state index in [1.807, 2.05) is 18.2 Å². The van der Waals surface area contributed by atoms with Crippen LogP contribution in [0, 0.1) is 0 Å². The van der Waals surface area contributed by atoms with Gasteiger partial charge in [0.1, 0.15) is 0 Å². The Morgan fingerprint density at radius 3 is 2.84 bits per heavy atom. The molecule has 2 aliphatic rings. The number of amides is 1. The molecule has 3 heterocycles. The summed E-state index contributed by atoms with van der Waals surface area (Å²) in [5.41, 5.74) is 1.05. The highest BCUT2D eigenvalue weighted by molar-refractivity contribution is 7.18. The number of carbonyl (C=O) groups excluding carboxylic acids is 1. The van der Waals surface area contributed by atoms with Crippen molar-refractivity contribution in [1.82, 2.24) is 20.1 Å². The number of carbonyl (C=O) groups is 1. The van der Waals surface area contributed by atoms with Gasteiger partial charge in [-0.25, -0.2) is 4.98 Å². The smallest absolute Gasteiger partial charge is 0.223 e. The van der Waals surface area contributed by atoms with Crippen LogP contribution in [0.4, 0.5) is 0 Å². The number of benzene rings is 1. The van der Waals surface area contributed by atoms with Crippen molar-refractivity contribution in [2.45, 2.75) is 25.3 Å². The number of likely N-dealkylation sites (tertiary alicyclic amines) is 1. The Morgan fingerprint density at radius 1 is 1.24 bits per heavy atom. The fourth-order valence-corrected chi connectivity index (χ4v) is 4.68. The topological polar surface area (TPSA) is 48.5 Å². The van der Waals surface area contributed by atoms with E-state index in [-0.39, 0.29) is 18.3 Å². The van der Waals surface area contributed by atoms with Gasteiger partial charge in [-0.15, -0.1) is 23.7 Å². The predicted molar refractivity (Wildman–Crippen MR) is 105 cm³/mol. The van der Waals surface area contributed by atoms with Crippen LogP contribution >= 0.6 is 23.7 Å². The molecule has 1 atom stereocenters. The van der Waals surface area contributed by atoms with E-state index in [4.69, 9.17) is 0 Å². The lowest BCUT2D eigenvalue weighted by molar-refractivity contribution is -0.130. The summed E-state index contributed by atoms with van der Waals surface area (Å²) < 4.78 is 1.21. The number of hydrogen-bond donors (Lipinski definition) is 1. The van der Waals surface area contributed by atoms with Crippen molar-refractivity contribution in [1.29, 1.82) is 0 Å². The minimum Gasteiger partial charge on any atom is -0.341 e. The first-order valence-electron chi connectivity index (χ1n) is 8.86. The number of piperazine rings is 1. The van der Waals surface area contributed by atoms with Gasteiger partial charge in [0.25, 0.3) is 0 Å². The Bertz CT molecular complexity index is 683. The van der Waals surface area contributed by atoms with Crippen LogP contribution in [0.25, 0.3) is 10.2 Å². The number of fused-ring (bicyclic) bond motifs is 1. The summed E-state index contributed by atoms with van der Waals surface area (Å²) in [5.74, 6) is 0.284. The van der Waals surface area contributed by atoms with Crippen molar-refractivity contribution < 1.29 is 4.79 Å². The van der Waals surface area contributed by atoms with Gasteiger partial charge in [-0.2, -0.15) is 0 Å². The van der Waals surface area contributed by atoms with Crippen molar-refractivity contribution in [3.05, 3.63) is 29.3 Å². The molecule has 4 rings (SSSR count). The second kappa shape index (κ2) is 8.45. The van der Waals surface area contributed by atoms with Gasteiger partial charge in [0.2, 0.25) is 5.91 Å². The molecule has 7 heteroatoms. The monoisotopic (exact) mass is 380 g/mol. The molecule has 0 radical (unpaired) electrons. The summed E-state index contributed by atoms with van der Waals surface area (Å²) in [7, 11) is 0. The van der Waals surface area contributed by atoms with Gasteiger partial charge >= 0.3 is 0 Å². The van der Waals surface area contributed by atoms with Crippen LogP contribution in [-0.4, -0.2) is 66.0 Å². The summed E-state index contributed by atoms with van der Waals surface area (Å²) >= 11 is 1.71. The number of thiazole rings is 1. The first kappa shape index (κ1) is 18.6. The van der Waals surface area contributed by atoms with Crippen molar-refractivity contribution in [3.63, 3.8) is 0 Å². The van der Waals surface area contributed by atoms with Crippen LogP contribution in [-0.2, 0) is 11.2 Å². The fourth-order valence-electron chi connectivity index (χ4n) is 3.71. The van der Waals surface area contributed by atoms with Crippen molar-refractivity contribution in [2.75, 3.05) is 39.3 Å². The minimum atomic E-state index is 0. The molecule has 0 spiro atoms. The maximum Gasteiger partial charge on any atom is 0.223 e. The highest BCUT2D eigenvalue weighted by Gasteiger charge is 2.30. The molecular weight excluding hydrogens is 356 g/mol. The average molecular weight is 381 g/mol. The lowest BCUT2D eigenvalue weighted by atomic mass is 10.2. The Hall–Kier alpha value is -1.21. The number of rotatable bonds is 4. The van der Waals surface area contributed by atoms with Gasteiger partial charge in [0, 0.05) is 58.2 Å².